The summed E-state index contributed by atoms with van der Waals surface area (Å²) >= 11 is 0. The first-order chi connectivity index (χ1) is 8.31. The molecule has 2 rings (SSSR count). The molecule has 0 N–H and O–H groups in total. The molecule has 0 atom stereocenters. The van der Waals surface area contributed by atoms with Gasteiger partial charge in [-0.2, -0.15) is 0 Å². The molecule has 100 valence electrons. The molecule has 7 nitrogen and oxygen atoms in total. The first-order valence-electron chi connectivity index (χ1n) is 5.13. The molecule has 0 saturated carbocycles. The molecule has 0 radical (unpaired) electrons. The zero-order chi connectivity index (χ0) is 14.1. The van der Waals surface area contributed by atoms with Gasteiger partial charge >= 0.3 is 0 Å². The Hall–Kier alpha value is -2.31. The highest BCUT2D eigenvalue weighted by atomic mass is 16.6. The van der Waals surface area contributed by atoms with Crippen LogP contribution in [0.5, 0.6) is 0 Å². The zero-order valence-corrected chi connectivity index (χ0v) is 11.0. The predicted molar refractivity (Wildman–Crippen MR) is 58.6 cm³/mol. The van der Waals surface area contributed by atoms with Crippen molar-refractivity contribution < 1.29 is 24.1 Å². The van der Waals surface area contributed by atoms with Crippen LogP contribution in [0.3, 0.4) is 0 Å². The Labute approximate surface area is 106 Å². The fourth-order valence-electron chi connectivity index (χ4n) is 1.15. The van der Waals surface area contributed by atoms with E-state index in [1.165, 1.54) is 0 Å². The molecule has 0 amide bonds. The number of imidazole rings is 2. The molecular formula is C11H18N4O3. The van der Waals surface area contributed by atoms with Crippen molar-refractivity contribution in [2.45, 2.75) is 0 Å². The van der Waals surface area contributed by atoms with Gasteiger partial charge < -0.3 is 15.0 Å². The Morgan fingerprint density at radius 1 is 0.944 bits per heavy atom. The summed E-state index contributed by atoms with van der Waals surface area (Å²) in [7, 11) is 8.00. The molecule has 0 saturated heterocycles. The van der Waals surface area contributed by atoms with Gasteiger partial charge in [0.2, 0.25) is 12.7 Å². The summed E-state index contributed by atoms with van der Waals surface area (Å²) in [5.74, 6) is 0. The minimum absolute atomic E-state index is 2.00. The van der Waals surface area contributed by atoms with Crippen LogP contribution in [0.25, 0.3) is 0 Å². The SMILES string of the molecule is Cn1cc[n+](C)c1.Cn1cc[n+](C)c1.O=C([O-])[O-]. The molecule has 2 aromatic rings. The minimum Gasteiger partial charge on any atom is -0.652 e. The number of carbonyl (C=O) groups is 1. The van der Waals surface area contributed by atoms with Gasteiger partial charge in [0.15, 0.2) is 0 Å². The summed E-state index contributed by atoms with van der Waals surface area (Å²) in [5.41, 5.74) is 0. The summed E-state index contributed by atoms with van der Waals surface area (Å²) in [5, 5.41) is 16.7. The Morgan fingerprint density at radius 2 is 1.22 bits per heavy atom. The van der Waals surface area contributed by atoms with Crippen molar-refractivity contribution in [2.24, 2.45) is 28.2 Å². The molecule has 0 aromatic carbocycles. The van der Waals surface area contributed by atoms with E-state index in [-0.39, 0.29) is 0 Å². The smallest absolute Gasteiger partial charge is 0.243 e. The Balaban J connectivity index is 0.000000253. The van der Waals surface area contributed by atoms with Crippen molar-refractivity contribution in [3.8, 4) is 0 Å². The fourth-order valence-corrected chi connectivity index (χ4v) is 1.15. The molecule has 0 aliphatic rings. The summed E-state index contributed by atoms with van der Waals surface area (Å²) < 4.78 is 8.00. The number of carbonyl (C=O) groups excluding carboxylic acids is 1. The second kappa shape index (κ2) is 7.88. The van der Waals surface area contributed by atoms with Crippen molar-refractivity contribution in [1.29, 1.82) is 0 Å². The molecule has 7 heteroatoms. The monoisotopic (exact) mass is 254 g/mol. The van der Waals surface area contributed by atoms with E-state index in [2.05, 4.69) is 0 Å². The standard InChI is InChI=1S/2C5H9N2.CH2O3/c2*1-6-3-4-7(2)5-6;2-1(3)4/h2*3-5H,1-2H3;(H2,2,3,4)/q2*+1;/p-2. The van der Waals surface area contributed by atoms with Crippen LogP contribution in [0.1, 0.15) is 0 Å². The van der Waals surface area contributed by atoms with Crippen molar-refractivity contribution in [3.63, 3.8) is 0 Å². The van der Waals surface area contributed by atoms with Crippen molar-refractivity contribution in [1.82, 2.24) is 9.13 Å². The highest BCUT2D eigenvalue weighted by molar-refractivity contribution is 5.47. The molecule has 2 aromatic heterocycles. The lowest BCUT2D eigenvalue weighted by Crippen LogP contribution is -2.37. The fraction of sp³-hybridized carbons (Fsp3) is 0.364. The average Bonchev–Trinajstić information content (AvgIpc) is 2.76. The van der Waals surface area contributed by atoms with E-state index in [4.69, 9.17) is 15.0 Å². The number of hydrogen-bond donors (Lipinski definition) is 0. The van der Waals surface area contributed by atoms with Gasteiger partial charge in [0.25, 0.3) is 0 Å². The molecule has 0 fully saturated rings. The number of aryl methyl sites for hydroxylation is 4. The summed E-state index contributed by atoms with van der Waals surface area (Å²) in [4.78, 5) is 8.33. The lowest BCUT2D eigenvalue weighted by Gasteiger charge is -1.96. The van der Waals surface area contributed by atoms with E-state index in [0.717, 1.165) is 0 Å². The van der Waals surface area contributed by atoms with Gasteiger partial charge in [-0.25, -0.2) is 18.3 Å². The lowest BCUT2D eigenvalue weighted by atomic mass is 10.9. The van der Waals surface area contributed by atoms with Crippen LogP contribution in [-0.4, -0.2) is 15.3 Å². The van der Waals surface area contributed by atoms with Gasteiger partial charge in [0, 0.05) is 0 Å². The molecule has 2 heterocycles. The van der Waals surface area contributed by atoms with Crippen LogP contribution < -0.4 is 19.3 Å². The van der Waals surface area contributed by atoms with Gasteiger partial charge in [-0.05, 0) is 6.16 Å². The molecule has 0 aliphatic carbocycles. The Morgan fingerprint density at radius 3 is 1.28 bits per heavy atom. The highest BCUT2D eigenvalue weighted by Crippen LogP contribution is 1.71. The number of aromatic nitrogens is 4. The van der Waals surface area contributed by atoms with Crippen molar-refractivity contribution >= 4 is 6.16 Å². The first-order valence-corrected chi connectivity index (χ1v) is 5.13. The van der Waals surface area contributed by atoms with Gasteiger partial charge in [-0.15, -0.1) is 0 Å². The molecular weight excluding hydrogens is 236 g/mol. The van der Waals surface area contributed by atoms with Gasteiger partial charge in [-0.1, -0.05) is 0 Å². The Bertz CT molecular complexity index is 401. The maximum absolute atomic E-state index is 8.33. The van der Waals surface area contributed by atoms with Crippen LogP contribution in [0, 0.1) is 0 Å². The van der Waals surface area contributed by atoms with Gasteiger partial charge in [0.1, 0.15) is 24.8 Å². The second-order valence-electron chi connectivity index (χ2n) is 3.74. The average molecular weight is 254 g/mol. The minimum atomic E-state index is -2.33. The normalized spacial score (nSPS) is 8.67. The Kier molecular flexibility index (Phi) is 6.87. The molecule has 0 aliphatic heterocycles. The maximum Gasteiger partial charge on any atom is 0.243 e. The van der Waals surface area contributed by atoms with Gasteiger partial charge in [-0.3, -0.25) is 0 Å². The summed E-state index contributed by atoms with van der Waals surface area (Å²) in [6.45, 7) is 0. The molecule has 0 spiro atoms. The van der Waals surface area contributed by atoms with Crippen LogP contribution >= 0.6 is 0 Å². The van der Waals surface area contributed by atoms with Crippen LogP contribution in [0.15, 0.2) is 37.4 Å². The van der Waals surface area contributed by atoms with Crippen LogP contribution in [-0.2, 0) is 28.2 Å². The molecule has 18 heavy (non-hydrogen) atoms. The van der Waals surface area contributed by atoms with E-state index in [1.54, 1.807) is 0 Å². The number of carboxylic acid groups (broad SMARTS) is 2. The third kappa shape index (κ3) is 8.96. The van der Waals surface area contributed by atoms with E-state index in [9.17, 15) is 0 Å². The summed E-state index contributed by atoms with van der Waals surface area (Å²) in [6.07, 6.45) is 9.67. The third-order valence-electron chi connectivity index (χ3n) is 1.80. The van der Waals surface area contributed by atoms with E-state index in [0.29, 0.717) is 0 Å². The van der Waals surface area contributed by atoms with Crippen LogP contribution in [0.2, 0.25) is 0 Å². The van der Waals surface area contributed by atoms with Gasteiger partial charge in [0.05, 0.1) is 28.2 Å². The predicted octanol–water partition coefficient (Wildman–Crippen LogP) is -2.75. The molecule has 0 bridgehead atoms. The van der Waals surface area contributed by atoms with E-state index in [1.807, 2.05) is 83.9 Å². The topological polar surface area (TPSA) is 80.8 Å². The zero-order valence-electron chi connectivity index (χ0n) is 11.0. The quantitative estimate of drug-likeness (QED) is 0.478. The van der Waals surface area contributed by atoms with E-state index >= 15 is 0 Å². The van der Waals surface area contributed by atoms with Crippen molar-refractivity contribution in [2.75, 3.05) is 0 Å². The second-order valence-corrected chi connectivity index (χ2v) is 3.74. The van der Waals surface area contributed by atoms with Crippen molar-refractivity contribution in [3.05, 3.63) is 37.4 Å². The van der Waals surface area contributed by atoms with E-state index < -0.39 is 6.16 Å². The maximum atomic E-state index is 8.33. The number of rotatable bonds is 0. The van der Waals surface area contributed by atoms with Crippen LogP contribution in [0.4, 0.5) is 4.79 Å². The summed E-state index contributed by atoms with van der Waals surface area (Å²) in [6, 6.07) is 0. The largest absolute Gasteiger partial charge is 0.652 e. The lowest BCUT2D eigenvalue weighted by molar-refractivity contribution is -0.671. The first kappa shape index (κ1) is 15.7. The number of nitrogens with zero attached hydrogens (tertiary/aromatic N) is 4. The highest BCUT2D eigenvalue weighted by Gasteiger charge is 1.88. The number of hydrogen-bond acceptors (Lipinski definition) is 3. The molecule has 0 unspecified atom stereocenters. The third-order valence-corrected chi connectivity index (χ3v) is 1.80.